The third-order valence-electron chi connectivity index (χ3n) is 13.4. The van der Waals surface area contributed by atoms with Crippen LogP contribution in [0, 0.1) is 52.3 Å². The van der Waals surface area contributed by atoms with Crippen LogP contribution < -0.4 is 4.74 Å². The Balaban J connectivity index is 1.22. The zero-order valence-corrected chi connectivity index (χ0v) is 30.7. The van der Waals surface area contributed by atoms with E-state index in [1.165, 1.54) is 37.7 Å². The molecule has 10 atom stereocenters. The molecular weight excluding hydrogens is 577 g/mol. The van der Waals surface area contributed by atoms with Crippen LogP contribution in [0.2, 0.25) is 25.7 Å². The summed E-state index contributed by atoms with van der Waals surface area (Å²) in [6, 6.07) is 9.21. The topological polar surface area (TPSA) is 61.8 Å². The van der Waals surface area contributed by atoms with E-state index < -0.39 is 8.07 Å². The van der Waals surface area contributed by atoms with Gasteiger partial charge in [-0.3, -0.25) is 9.59 Å². The maximum absolute atomic E-state index is 14.6. The van der Waals surface area contributed by atoms with E-state index in [4.69, 9.17) is 14.2 Å². The van der Waals surface area contributed by atoms with Gasteiger partial charge in [-0.05, 0) is 122 Å². The number of benzene rings is 1. The minimum Gasteiger partial charge on any atom is -0.497 e. The highest BCUT2D eigenvalue weighted by atomic mass is 28.3. The molecule has 1 aromatic rings. The van der Waals surface area contributed by atoms with Crippen molar-refractivity contribution in [2.75, 3.05) is 13.7 Å². The van der Waals surface area contributed by atoms with Crippen molar-refractivity contribution in [2.45, 2.75) is 130 Å². The predicted octanol–water partition coefficient (Wildman–Crippen LogP) is 9.35. The molecule has 0 unspecified atom stereocenters. The molecule has 5 nitrogen and oxygen atoms in total. The quantitative estimate of drug-likeness (QED) is 0.169. The van der Waals surface area contributed by atoms with Gasteiger partial charge in [0, 0.05) is 26.3 Å². The molecule has 1 aromatic carbocycles. The van der Waals surface area contributed by atoms with E-state index in [0.29, 0.717) is 55.0 Å². The van der Waals surface area contributed by atoms with Crippen molar-refractivity contribution < 1.29 is 23.8 Å². The zero-order chi connectivity index (χ0) is 32.6. The van der Waals surface area contributed by atoms with Gasteiger partial charge in [0.05, 0.1) is 26.4 Å². The smallest absolute Gasteiger partial charge is 0.305 e. The van der Waals surface area contributed by atoms with Crippen LogP contribution in [0.25, 0.3) is 0 Å². The summed E-state index contributed by atoms with van der Waals surface area (Å²) >= 11 is 0. The number of methoxy groups -OCH3 is 1. The number of fused-ring (bicyclic) bond motifs is 5. The minimum atomic E-state index is -1.20. The van der Waals surface area contributed by atoms with E-state index in [1.807, 2.05) is 12.1 Å². The molecule has 4 fully saturated rings. The Morgan fingerprint density at radius 1 is 0.978 bits per heavy atom. The molecule has 0 saturated heterocycles. The van der Waals surface area contributed by atoms with Crippen molar-refractivity contribution in [1.82, 2.24) is 0 Å². The molecule has 6 heteroatoms. The van der Waals surface area contributed by atoms with Crippen LogP contribution in [-0.4, -0.2) is 39.6 Å². The number of Topliss-reactive ketones (excluding diaryl/α,β-unsaturated/α-hetero) is 1. The Kier molecular flexibility index (Phi) is 10.7. The molecule has 0 N–H and O–H groups in total. The van der Waals surface area contributed by atoms with E-state index in [1.54, 1.807) is 7.11 Å². The first-order chi connectivity index (χ1) is 21.3. The van der Waals surface area contributed by atoms with Crippen LogP contribution in [0.3, 0.4) is 0 Å². The number of esters is 1. The summed E-state index contributed by atoms with van der Waals surface area (Å²) in [7, 11) is 0.494. The number of rotatable bonds is 12. The van der Waals surface area contributed by atoms with Gasteiger partial charge in [0.2, 0.25) is 0 Å². The summed E-state index contributed by atoms with van der Waals surface area (Å²) in [6.45, 7) is 17.8. The van der Waals surface area contributed by atoms with E-state index in [9.17, 15) is 9.59 Å². The maximum atomic E-state index is 14.6. The van der Waals surface area contributed by atoms with Gasteiger partial charge < -0.3 is 14.2 Å². The molecule has 0 spiro atoms. The zero-order valence-electron chi connectivity index (χ0n) is 29.7. The molecule has 0 bridgehead atoms. The Morgan fingerprint density at radius 2 is 1.67 bits per heavy atom. The van der Waals surface area contributed by atoms with Gasteiger partial charge in [0.15, 0.2) is 0 Å². The largest absolute Gasteiger partial charge is 0.497 e. The number of ether oxygens (including phenoxy) is 3. The van der Waals surface area contributed by atoms with Gasteiger partial charge in [0.25, 0.3) is 0 Å². The Labute approximate surface area is 274 Å². The number of carbonyl (C=O) groups is 2. The van der Waals surface area contributed by atoms with Gasteiger partial charge in [-0.2, -0.15) is 0 Å². The van der Waals surface area contributed by atoms with E-state index in [0.717, 1.165) is 37.5 Å². The normalized spacial score (nSPS) is 36.9. The summed E-state index contributed by atoms with van der Waals surface area (Å²) in [5.41, 5.74) is 1.58. The minimum absolute atomic E-state index is 0.0284. The summed E-state index contributed by atoms with van der Waals surface area (Å²) in [6.07, 6.45) is 10.6. The predicted molar refractivity (Wildman–Crippen MR) is 184 cm³/mol. The van der Waals surface area contributed by atoms with Gasteiger partial charge in [0.1, 0.15) is 11.5 Å². The fourth-order valence-electron chi connectivity index (χ4n) is 10.8. The van der Waals surface area contributed by atoms with E-state index >= 15 is 0 Å². The number of carbonyl (C=O) groups excluding carboxylic acids is 2. The van der Waals surface area contributed by atoms with Gasteiger partial charge in [-0.25, -0.2) is 0 Å². The second-order valence-corrected chi connectivity index (χ2v) is 22.7. The number of ketones is 1. The summed E-state index contributed by atoms with van der Waals surface area (Å²) in [5.74, 6) is 4.22. The number of hydrogen-bond acceptors (Lipinski definition) is 5. The second-order valence-electron chi connectivity index (χ2n) is 17.1. The Hall–Kier alpha value is -1.66. The van der Waals surface area contributed by atoms with Crippen LogP contribution in [-0.2, 0) is 25.7 Å². The van der Waals surface area contributed by atoms with Crippen LogP contribution in [0.15, 0.2) is 24.3 Å². The van der Waals surface area contributed by atoms with Crippen LogP contribution in [0.5, 0.6) is 5.75 Å². The third-order valence-corrected chi connectivity index (χ3v) is 15.1. The first kappa shape index (κ1) is 34.7. The van der Waals surface area contributed by atoms with Crippen molar-refractivity contribution in [2.24, 2.45) is 52.3 Å². The molecule has 0 aliphatic heterocycles. The summed E-state index contributed by atoms with van der Waals surface area (Å²) < 4.78 is 17.5. The lowest BCUT2D eigenvalue weighted by molar-refractivity contribution is -0.176. The average molecular weight is 639 g/mol. The van der Waals surface area contributed by atoms with E-state index in [2.05, 4.69) is 59.5 Å². The third kappa shape index (κ3) is 7.12. The van der Waals surface area contributed by atoms with Crippen molar-refractivity contribution in [3.8, 4) is 5.75 Å². The first-order valence-corrected chi connectivity index (χ1v) is 21.9. The van der Waals surface area contributed by atoms with Crippen LogP contribution in [0.4, 0.5) is 0 Å². The van der Waals surface area contributed by atoms with Gasteiger partial charge >= 0.3 is 5.97 Å². The van der Waals surface area contributed by atoms with Crippen LogP contribution in [0.1, 0.15) is 97.5 Å². The fraction of sp³-hybridized carbons (Fsp3) is 0.795. The van der Waals surface area contributed by atoms with Crippen molar-refractivity contribution in [3.63, 3.8) is 0 Å². The highest BCUT2D eigenvalue weighted by Crippen LogP contribution is 2.68. The molecular formula is C39H62O5Si. The monoisotopic (exact) mass is 638 g/mol. The highest BCUT2D eigenvalue weighted by molar-refractivity contribution is 6.76. The number of hydrogen-bond donors (Lipinski definition) is 0. The molecule has 45 heavy (non-hydrogen) atoms. The second kappa shape index (κ2) is 13.8. The Bertz CT molecular complexity index is 1170. The lowest BCUT2D eigenvalue weighted by Gasteiger charge is -2.62. The van der Waals surface area contributed by atoms with Gasteiger partial charge in [-0.1, -0.05) is 59.5 Å². The molecule has 0 amide bonds. The Morgan fingerprint density at radius 3 is 2.33 bits per heavy atom. The lowest BCUT2D eigenvalue weighted by atomic mass is 9.42. The summed E-state index contributed by atoms with van der Waals surface area (Å²) in [5, 5.41) is 0. The SMILES string of the molecule is CC[C@H]1C(=O)[C@@H]2[C@H](CC[C@]3(C)[C@@H]([C@H](C)CCC(=O)OCC[Si](C)(C)C)CC[C@@H]23)[C@@]2(C)CC[C@@H](OCc3ccc(OC)cc3)C[C@@H]12. The molecule has 4 aliphatic carbocycles. The highest BCUT2D eigenvalue weighted by Gasteiger charge is 2.65. The maximum Gasteiger partial charge on any atom is 0.305 e. The standard InChI is InChI=1S/C39H62O5Si/c1-9-30-34-24-29(44-25-27-11-13-28(42-5)14-12-27)18-20-39(34,4)33-19-21-38(3)31(15-16-32(38)36(33)37(30)41)26(2)10-17-35(40)43-22-23-45(6,7)8/h11-14,26,29-34,36H,9-10,15-25H2,1-8H3/t26-,29-,30-,31-,32+,33+,34+,36+,38-,39-/m1/s1. The fourth-order valence-corrected chi connectivity index (χ4v) is 11.5. The molecule has 0 heterocycles. The van der Waals surface area contributed by atoms with Crippen molar-refractivity contribution >= 4 is 19.8 Å². The molecule has 4 aliphatic rings. The first-order valence-electron chi connectivity index (χ1n) is 18.2. The van der Waals surface area contributed by atoms with Crippen molar-refractivity contribution in [1.29, 1.82) is 0 Å². The molecule has 252 valence electrons. The van der Waals surface area contributed by atoms with Crippen molar-refractivity contribution in [3.05, 3.63) is 29.8 Å². The average Bonchev–Trinajstić information content (AvgIpc) is 3.36. The molecule has 0 aromatic heterocycles. The molecule has 0 radical (unpaired) electrons. The summed E-state index contributed by atoms with van der Waals surface area (Å²) in [4.78, 5) is 27.1. The molecule has 4 saturated carbocycles. The molecule has 5 rings (SSSR count). The van der Waals surface area contributed by atoms with Crippen LogP contribution >= 0.6 is 0 Å². The van der Waals surface area contributed by atoms with E-state index in [-0.39, 0.29) is 34.7 Å². The lowest BCUT2D eigenvalue weighted by Crippen LogP contribution is -2.60. The van der Waals surface area contributed by atoms with Gasteiger partial charge in [-0.15, -0.1) is 0 Å².